The summed E-state index contributed by atoms with van der Waals surface area (Å²) in [5, 5.41) is 10.0. The molecule has 32 heavy (non-hydrogen) atoms. The SMILES string of the molecule is CCN(C(=O)CSc1nnc(C(C)Oc2ccccc2Cl)n1CC(C)C)c1ccccc1. The van der Waals surface area contributed by atoms with Crippen molar-refractivity contribution in [2.24, 2.45) is 5.92 Å². The van der Waals surface area contributed by atoms with Crippen LogP contribution in [0, 0.1) is 5.92 Å². The van der Waals surface area contributed by atoms with Crippen LogP contribution in [0.5, 0.6) is 5.75 Å². The minimum absolute atomic E-state index is 0.0321. The maximum Gasteiger partial charge on any atom is 0.237 e. The van der Waals surface area contributed by atoms with Gasteiger partial charge in [0.25, 0.3) is 0 Å². The van der Waals surface area contributed by atoms with Crippen LogP contribution in [0.1, 0.15) is 39.6 Å². The van der Waals surface area contributed by atoms with Gasteiger partial charge < -0.3 is 14.2 Å². The van der Waals surface area contributed by atoms with E-state index in [9.17, 15) is 4.79 Å². The highest BCUT2D eigenvalue weighted by atomic mass is 35.5. The first-order valence-corrected chi connectivity index (χ1v) is 12.1. The van der Waals surface area contributed by atoms with E-state index in [1.807, 2.05) is 66.9 Å². The van der Waals surface area contributed by atoms with Gasteiger partial charge in [0.05, 0.1) is 10.8 Å². The normalized spacial score (nSPS) is 12.1. The van der Waals surface area contributed by atoms with E-state index in [1.165, 1.54) is 11.8 Å². The zero-order valence-corrected chi connectivity index (χ0v) is 20.4. The van der Waals surface area contributed by atoms with E-state index in [4.69, 9.17) is 16.3 Å². The van der Waals surface area contributed by atoms with Crippen molar-refractivity contribution in [1.29, 1.82) is 0 Å². The fourth-order valence-corrected chi connectivity index (χ4v) is 4.35. The molecule has 0 aliphatic carbocycles. The van der Waals surface area contributed by atoms with Gasteiger partial charge in [0.15, 0.2) is 17.1 Å². The van der Waals surface area contributed by atoms with Crippen molar-refractivity contribution < 1.29 is 9.53 Å². The zero-order valence-electron chi connectivity index (χ0n) is 18.9. The minimum Gasteiger partial charge on any atom is -0.481 e. The van der Waals surface area contributed by atoms with Crippen molar-refractivity contribution in [2.45, 2.75) is 45.5 Å². The lowest BCUT2D eigenvalue weighted by Gasteiger charge is -2.21. The van der Waals surface area contributed by atoms with Crippen LogP contribution in [-0.4, -0.2) is 33.0 Å². The lowest BCUT2D eigenvalue weighted by atomic mass is 10.2. The predicted octanol–water partition coefficient (Wildman–Crippen LogP) is 5.87. The number of carbonyl (C=O) groups is 1. The summed E-state index contributed by atoms with van der Waals surface area (Å²) >= 11 is 7.65. The number of rotatable bonds is 10. The van der Waals surface area contributed by atoms with E-state index in [2.05, 4.69) is 24.0 Å². The number of carbonyl (C=O) groups excluding carboxylic acids is 1. The van der Waals surface area contributed by atoms with Gasteiger partial charge in [-0.3, -0.25) is 4.79 Å². The molecular weight excluding hydrogens is 444 g/mol. The fraction of sp³-hybridized carbons (Fsp3) is 0.375. The third kappa shape index (κ3) is 6.04. The summed E-state index contributed by atoms with van der Waals surface area (Å²) in [5.41, 5.74) is 0.895. The summed E-state index contributed by atoms with van der Waals surface area (Å²) in [6, 6.07) is 17.1. The van der Waals surface area contributed by atoms with Crippen LogP contribution in [0.25, 0.3) is 0 Å². The van der Waals surface area contributed by atoms with Crippen LogP contribution >= 0.6 is 23.4 Å². The van der Waals surface area contributed by atoms with E-state index in [0.717, 1.165) is 12.2 Å². The van der Waals surface area contributed by atoms with Gasteiger partial charge in [-0.1, -0.05) is 67.5 Å². The van der Waals surface area contributed by atoms with E-state index in [1.54, 1.807) is 11.0 Å². The van der Waals surface area contributed by atoms with E-state index >= 15 is 0 Å². The van der Waals surface area contributed by atoms with Crippen LogP contribution in [0.3, 0.4) is 0 Å². The second-order valence-corrected chi connectivity index (χ2v) is 9.15. The van der Waals surface area contributed by atoms with Gasteiger partial charge in [-0.2, -0.15) is 0 Å². The topological polar surface area (TPSA) is 60.3 Å². The van der Waals surface area contributed by atoms with E-state index in [0.29, 0.717) is 34.2 Å². The Hall–Kier alpha value is -2.51. The summed E-state index contributed by atoms with van der Waals surface area (Å²) in [6.45, 7) is 9.51. The van der Waals surface area contributed by atoms with Crippen molar-refractivity contribution in [1.82, 2.24) is 14.8 Å². The maximum absolute atomic E-state index is 12.9. The molecule has 1 atom stereocenters. The quantitative estimate of drug-likeness (QED) is 0.345. The average molecular weight is 473 g/mol. The van der Waals surface area contributed by atoms with Crippen molar-refractivity contribution in [3.63, 3.8) is 0 Å². The second-order valence-electron chi connectivity index (χ2n) is 7.80. The summed E-state index contributed by atoms with van der Waals surface area (Å²) in [7, 11) is 0. The molecule has 6 nitrogen and oxygen atoms in total. The third-order valence-corrected chi connectivity index (χ3v) is 6.07. The first kappa shape index (κ1) is 24.1. The van der Waals surface area contributed by atoms with Crippen LogP contribution in [0.4, 0.5) is 5.69 Å². The Morgan fingerprint density at radius 3 is 2.44 bits per heavy atom. The Morgan fingerprint density at radius 2 is 1.78 bits per heavy atom. The van der Waals surface area contributed by atoms with Crippen molar-refractivity contribution in [3.05, 3.63) is 65.4 Å². The molecule has 0 fully saturated rings. The highest BCUT2D eigenvalue weighted by Gasteiger charge is 2.22. The van der Waals surface area contributed by atoms with Gasteiger partial charge in [-0.05, 0) is 44.0 Å². The third-order valence-electron chi connectivity index (χ3n) is 4.81. The molecule has 0 saturated carbocycles. The molecule has 3 aromatic rings. The molecule has 0 N–H and O–H groups in total. The zero-order chi connectivity index (χ0) is 23.1. The van der Waals surface area contributed by atoms with Crippen LogP contribution < -0.4 is 9.64 Å². The molecule has 0 aliphatic heterocycles. The number of aromatic nitrogens is 3. The summed E-state index contributed by atoms with van der Waals surface area (Å²) in [4.78, 5) is 14.7. The highest BCUT2D eigenvalue weighted by molar-refractivity contribution is 7.99. The summed E-state index contributed by atoms with van der Waals surface area (Å²) < 4.78 is 8.11. The molecule has 1 heterocycles. The molecule has 1 aromatic heterocycles. The molecule has 1 unspecified atom stereocenters. The Kier molecular flexibility index (Phi) is 8.59. The molecule has 0 aliphatic rings. The number of benzene rings is 2. The number of anilines is 1. The van der Waals surface area contributed by atoms with Gasteiger partial charge in [-0.25, -0.2) is 0 Å². The van der Waals surface area contributed by atoms with Crippen molar-refractivity contribution in [3.8, 4) is 5.75 Å². The molecule has 3 rings (SSSR count). The van der Waals surface area contributed by atoms with Gasteiger partial charge in [0.2, 0.25) is 5.91 Å². The molecule has 0 bridgehead atoms. The smallest absolute Gasteiger partial charge is 0.237 e. The Labute approximate surface area is 198 Å². The van der Waals surface area contributed by atoms with Gasteiger partial charge in [-0.15, -0.1) is 10.2 Å². The van der Waals surface area contributed by atoms with E-state index < -0.39 is 0 Å². The molecule has 0 radical (unpaired) electrons. The predicted molar refractivity (Wildman–Crippen MR) is 131 cm³/mol. The van der Waals surface area contributed by atoms with Crippen molar-refractivity contribution >= 4 is 35.0 Å². The number of amides is 1. The van der Waals surface area contributed by atoms with Crippen molar-refractivity contribution in [2.75, 3.05) is 17.2 Å². The Balaban J connectivity index is 1.76. The van der Waals surface area contributed by atoms with Crippen LogP contribution in [0.15, 0.2) is 59.8 Å². The Morgan fingerprint density at radius 1 is 1.09 bits per heavy atom. The number of para-hydroxylation sites is 2. The Bertz CT molecular complexity index is 1030. The standard InChI is InChI=1S/C24H29ClN4O2S/c1-5-28(19-11-7-6-8-12-19)22(30)16-32-24-27-26-23(29(24)15-17(2)3)18(4)31-21-14-10-9-13-20(21)25/h6-14,17-18H,5,15-16H2,1-4H3. The fourth-order valence-electron chi connectivity index (χ4n) is 3.34. The number of ether oxygens (including phenoxy) is 1. The lowest BCUT2D eigenvalue weighted by Crippen LogP contribution is -2.32. The van der Waals surface area contributed by atoms with E-state index in [-0.39, 0.29) is 17.8 Å². The van der Waals surface area contributed by atoms with Gasteiger partial charge in [0.1, 0.15) is 5.75 Å². The second kappa shape index (κ2) is 11.4. The first-order valence-electron chi connectivity index (χ1n) is 10.7. The van der Waals surface area contributed by atoms with Gasteiger partial charge in [0, 0.05) is 18.8 Å². The number of hydrogen-bond acceptors (Lipinski definition) is 5. The lowest BCUT2D eigenvalue weighted by molar-refractivity contribution is -0.116. The number of thioether (sulfide) groups is 1. The molecular formula is C24H29ClN4O2S. The maximum atomic E-state index is 12.9. The number of halogens is 1. The molecule has 2 aromatic carbocycles. The molecule has 0 spiro atoms. The molecule has 1 amide bonds. The average Bonchev–Trinajstić information content (AvgIpc) is 3.17. The molecule has 170 valence electrons. The molecule has 0 saturated heterocycles. The highest BCUT2D eigenvalue weighted by Crippen LogP contribution is 2.30. The van der Waals surface area contributed by atoms with Crippen LogP contribution in [-0.2, 0) is 11.3 Å². The summed E-state index contributed by atoms with van der Waals surface area (Å²) in [6.07, 6.45) is -0.345. The summed E-state index contributed by atoms with van der Waals surface area (Å²) in [5.74, 6) is 2.00. The van der Waals surface area contributed by atoms with Gasteiger partial charge >= 0.3 is 0 Å². The van der Waals surface area contributed by atoms with Crippen LogP contribution in [0.2, 0.25) is 5.02 Å². The minimum atomic E-state index is -0.345. The monoisotopic (exact) mass is 472 g/mol. The number of nitrogens with zero attached hydrogens (tertiary/aromatic N) is 4. The molecule has 8 heteroatoms. The number of hydrogen-bond donors (Lipinski definition) is 0. The largest absolute Gasteiger partial charge is 0.481 e. The first-order chi connectivity index (χ1) is 15.4.